The van der Waals surface area contributed by atoms with Crippen molar-refractivity contribution in [3.05, 3.63) is 47.5 Å². The number of benzene rings is 1. The van der Waals surface area contributed by atoms with E-state index in [0.717, 1.165) is 12.8 Å². The Morgan fingerprint density at radius 3 is 2.75 bits per heavy atom. The molecule has 1 aromatic carbocycles. The average molecular weight is 327 g/mol. The third-order valence-electron chi connectivity index (χ3n) is 4.21. The van der Waals surface area contributed by atoms with Gasteiger partial charge in [-0.2, -0.15) is 10.4 Å². The lowest BCUT2D eigenvalue weighted by Gasteiger charge is -2.34. The minimum Gasteiger partial charge on any atom is -0.369 e. The van der Waals surface area contributed by atoms with Gasteiger partial charge in [0.2, 0.25) is 0 Å². The van der Waals surface area contributed by atoms with Crippen LogP contribution >= 0.6 is 0 Å². The summed E-state index contributed by atoms with van der Waals surface area (Å²) in [6, 6.07) is 6.51. The monoisotopic (exact) mass is 327 g/mol. The molecule has 0 radical (unpaired) electrons. The van der Waals surface area contributed by atoms with Crippen molar-refractivity contribution >= 4 is 11.6 Å². The van der Waals surface area contributed by atoms with Crippen LogP contribution in [0.4, 0.5) is 10.1 Å². The first kappa shape index (κ1) is 16.0. The number of halogens is 1. The number of aryl methyl sites for hydroxylation is 1. The first-order chi connectivity index (χ1) is 11.6. The summed E-state index contributed by atoms with van der Waals surface area (Å²) in [6.45, 7) is 1.31. The molecule has 0 spiro atoms. The van der Waals surface area contributed by atoms with E-state index in [-0.39, 0.29) is 17.8 Å². The minimum absolute atomic E-state index is 0.0652. The molecule has 1 aliphatic rings. The van der Waals surface area contributed by atoms with Gasteiger partial charge in [0.05, 0.1) is 29.1 Å². The molecule has 24 heavy (non-hydrogen) atoms. The second kappa shape index (κ2) is 6.71. The molecule has 3 rings (SSSR count). The summed E-state index contributed by atoms with van der Waals surface area (Å²) in [5.74, 6) is -0.516. The van der Waals surface area contributed by atoms with Crippen LogP contribution in [0.2, 0.25) is 0 Å². The van der Waals surface area contributed by atoms with Crippen LogP contribution in [0.1, 0.15) is 28.8 Å². The number of amides is 1. The summed E-state index contributed by atoms with van der Waals surface area (Å²) < 4.78 is 15.7. The Bertz CT molecular complexity index is 787. The Kier molecular flexibility index (Phi) is 4.47. The maximum absolute atomic E-state index is 14.1. The van der Waals surface area contributed by atoms with Crippen molar-refractivity contribution < 1.29 is 9.18 Å². The summed E-state index contributed by atoms with van der Waals surface area (Å²) >= 11 is 0. The molecule has 2 heterocycles. The molecule has 1 amide bonds. The lowest BCUT2D eigenvalue weighted by atomic mass is 10.0. The minimum atomic E-state index is -0.383. The Morgan fingerprint density at radius 2 is 2.17 bits per heavy atom. The maximum atomic E-state index is 14.1. The van der Waals surface area contributed by atoms with Crippen molar-refractivity contribution in [1.82, 2.24) is 15.1 Å². The van der Waals surface area contributed by atoms with Gasteiger partial charge in [-0.25, -0.2) is 4.39 Å². The molecule has 1 aromatic heterocycles. The van der Waals surface area contributed by atoms with E-state index in [4.69, 9.17) is 5.26 Å². The molecule has 0 atom stereocenters. The largest absolute Gasteiger partial charge is 0.369 e. The number of piperidine rings is 1. The predicted octanol–water partition coefficient (Wildman–Crippen LogP) is 1.83. The maximum Gasteiger partial charge on any atom is 0.254 e. The highest BCUT2D eigenvalue weighted by atomic mass is 19.1. The van der Waals surface area contributed by atoms with Crippen LogP contribution in [0.15, 0.2) is 30.6 Å². The van der Waals surface area contributed by atoms with Gasteiger partial charge in [0.1, 0.15) is 5.82 Å². The van der Waals surface area contributed by atoms with Crippen molar-refractivity contribution in [1.29, 1.82) is 5.26 Å². The van der Waals surface area contributed by atoms with Crippen molar-refractivity contribution in [2.24, 2.45) is 7.05 Å². The second-order valence-corrected chi connectivity index (χ2v) is 5.92. The molecule has 0 saturated carbocycles. The van der Waals surface area contributed by atoms with Gasteiger partial charge in [0.15, 0.2) is 0 Å². The van der Waals surface area contributed by atoms with Crippen molar-refractivity contribution in [3.8, 4) is 6.07 Å². The third-order valence-corrected chi connectivity index (χ3v) is 4.21. The Balaban J connectivity index is 1.58. The van der Waals surface area contributed by atoms with Crippen molar-refractivity contribution in [2.75, 3.05) is 18.0 Å². The van der Waals surface area contributed by atoms with Gasteiger partial charge in [0.25, 0.3) is 5.91 Å². The standard InChI is InChI=1S/C17H18FN5O/c1-22-11-13(10-20-22)17(24)21-14-4-6-23(7-5-14)16-3-2-12(9-19)8-15(16)18/h2-3,8,10-11,14H,4-7H2,1H3,(H,21,24). The number of hydrogen-bond acceptors (Lipinski definition) is 4. The van der Waals surface area contributed by atoms with E-state index < -0.39 is 0 Å². The molecule has 1 aliphatic heterocycles. The molecule has 1 saturated heterocycles. The number of hydrogen-bond donors (Lipinski definition) is 1. The van der Waals surface area contributed by atoms with E-state index >= 15 is 0 Å². The van der Waals surface area contributed by atoms with Crippen LogP contribution in [0.5, 0.6) is 0 Å². The summed E-state index contributed by atoms with van der Waals surface area (Å²) in [5.41, 5.74) is 1.36. The number of nitriles is 1. The molecule has 0 aliphatic carbocycles. The molecule has 1 fully saturated rings. The van der Waals surface area contributed by atoms with Gasteiger partial charge in [-0.15, -0.1) is 0 Å². The molecular formula is C17H18FN5O. The molecule has 0 unspecified atom stereocenters. The highest BCUT2D eigenvalue weighted by Gasteiger charge is 2.23. The van der Waals surface area contributed by atoms with Crippen molar-refractivity contribution in [3.63, 3.8) is 0 Å². The zero-order valence-electron chi connectivity index (χ0n) is 13.4. The summed E-state index contributed by atoms with van der Waals surface area (Å²) in [7, 11) is 1.77. The van der Waals surface area contributed by atoms with Crippen LogP contribution < -0.4 is 10.2 Å². The molecule has 6 nitrogen and oxygen atoms in total. The second-order valence-electron chi connectivity index (χ2n) is 5.92. The summed E-state index contributed by atoms with van der Waals surface area (Å²) in [5, 5.41) is 15.8. The Hall–Kier alpha value is -2.88. The number of carbonyl (C=O) groups is 1. The predicted molar refractivity (Wildman–Crippen MR) is 87.0 cm³/mol. The number of aromatic nitrogens is 2. The quantitative estimate of drug-likeness (QED) is 0.933. The lowest BCUT2D eigenvalue weighted by molar-refractivity contribution is 0.0931. The van der Waals surface area contributed by atoms with Gasteiger partial charge in [-0.05, 0) is 31.0 Å². The number of nitrogens with one attached hydrogen (secondary N) is 1. The first-order valence-corrected chi connectivity index (χ1v) is 7.81. The zero-order chi connectivity index (χ0) is 17.1. The normalized spacial score (nSPS) is 15.1. The topological polar surface area (TPSA) is 74.0 Å². The van der Waals surface area contributed by atoms with E-state index in [1.807, 2.05) is 11.0 Å². The molecule has 1 N–H and O–H groups in total. The van der Waals surface area contributed by atoms with E-state index in [2.05, 4.69) is 10.4 Å². The SMILES string of the molecule is Cn1cc(C(=O)NC2CCN(c3ccc(C#N)cc3F)CC2)cn1. The molecule has 2 aromatic rings. The molecule has 7 heteroatoms. The van der Waals surface area contributed by atoms with Crippen LogP contribution in [-0.4, -0.2) is 34.8 Å². The van der Waals surface area contributed by atoms with E-state index in [9.17, 15) is 9.18 Å². The summed E-state index contributed by atoms with van der Waals surface area (Å²) in [6.07, 6.45) is 4.70. The zero-order valence-corrected chi connectivity index (χ0v) is 13.4. The fraction of sp³-hybridized carbons (Fsp3) is 0.353. The highest BCUT2D eigenvalue weighted by Crippen LogP contribution is 2.24. The number of anilines is 1. The van der Waals surface area contributed by atoms with E-state index in [0.29, 0.717) is 29.9 Å². The first-order valence-electron chi connectivity index (χ1n) is 7.81. The number of carbonyl (C=O) groups excluding carboxylic acids is 1. The van der Waals surface area contributed by atoms with Crippen LogP contribution in [0, 0.1) is 17.1 Å². The number of nitrogens with zero attached hydrogens (tertiary/aromatic N) is 4. The summed E-state index contributed by atoms with van der Waals surface area (Å²) in [4.78, 5) is 14.1. The average Bonchev–Trinajstić information content (AvgIpc) is 3.02. The third kappa shape index (κ3) is 3.38. The lowest BCUT2D eigenvalue weighted by Crippen LogP contribution is -2.44. The van der Waals surface area contributed by atoms with Crippen LogP contribution in [0.25, 0.3) is 0 Å². The van der Waals surface area contributed by atoms with Gasteiger partial charge in [-0.3, -0.25) is 9.48 Å². The van der Waals surface area contributed by atoms with Crippen LogP contribution in [-0.2, 0) is 7.05 Å². The van der Waals surface area contributed by atoms with Gasteiger partial charge in [-0.1, -0.05) is 0 Å². The highest BCUT2D eigenvalue weighted by molar-refractivity contribution is 5.93. The van der Waals surface area contributed by atoms with Gasteiger partial charge >= 0.3 is 0 Å². The van der Waals surface area contributed by atoms with Crippen LogP contribution in [0.3, 0.4) is 0 Å². The smallest absolute Gasteiger partial charge is 0.254 e. The fourth-order valence-electron chi connectivity index (χ4n) is 2.90. The van der Waals surface area contributed by atoms with Gasteiger partial charge in [0, 0.05) is 32.4 Å². The molecular weight excluding hydrogens is 309 g/mol. The Labute approximate surface area is 139 Å². The Morgan fingerprint density at radius 1 is 1.42 bits per heavy atom. The molecule has 124 valence electrons. The van der Waals surface area contributed by atoms with E-state index in [1.54, 1.807) is 30.1 Å². The van der Waals surface area contributed by atoms with Crippen molar-refractivity contribution in [2.45, 2.75) is 18.9 Å². The van der Waals surface area contributed by atoms with Gasteiger partial charge < -0.3 is 10.2 Å². The molecule has 0 bridgehead atoms. The fourth-order valence-corrected chi connectivity index (χ4v) is 2.90. The van der Waals surface area contributed by atoms with E-state index in [1.165, 1.54) is 12.3 Å². The number of rotatable bonds is 3.